The standard InChI is InChI=1S/C12H8N3.C5H8O2.Ir/c1-2-6-11-10(4-1)5-3-7-12(11)15-9-13-8-14-15;1-4(6)3-5(2)7;/h1-6,8-9H;3,6H,1-2H3;/q-1;;/b;4-3-;. The molecule has 0 aliphatic heterocycles. The van der Waals surface area contributed by atoms with Crippen LogP contribution in [0.5, 0.6) is 0 Å². The third-order valence-corrected chi connectivity index (χ3v) is 2.76. The summed E-state index contributed by atoms with van der Waals surface area (Å²) in [6, 6.07) is 15.3. The molecule has 3 rings (SSSR count). The number of aliphatic hydroxyl groups excluding tert-OH is 1. The minimum absolute atomic E-state index is 0. The van der Waals surface area contributed by atoms with Crippen LogP contribution in [-0.4, -0.2) is 25.7 Å². The van der Waals surface area contributed by atoms with E-state index in [1.807, 2.05) is 24.3 Å². The molecule has 1 radical (unpaired) electrons. The Kier molecular flexibility index (Phi) is 7.32. The van der Waals surface area contributed by atoms with Crippen molar-refractivity contribution in [3.8, 4) is 5.69 Å². The molecule has 0 atom stereocenters. The normalized spacial score (nSPS) is 10.4. The van der Waals surface area contributed by atoms with Crippen LogP contribution < -0.4 is 0 Å². The van der Waals surface area contributed by atoms with Crippen LogP contribution in [0.15, 0.2) is 60.9 Å². The molecule has 0 spiro atoms. The van der Waals surface area contributed by atoms with Crippen LogP contribution in [0.3, 0.4) is 0 Å². The molecule has 0 unspecified atom stereocenters. The first-order valence-electron chi connectivity index (χ1n) is 6.70. The van der Waals surface area contributed by atoms with E-state index in [2.05, 4.69) is 28.3 Å². The fourth-order valence-electron chi connectivity index (χ4n) is 1.95. The Morgan fingerprint density at radius 2 is 2.00 bits per heavy atom. The van der Waals surface area contributed by atoms with Crippen molar-refractivity contribution in [2.45, 2.75) is 13.8 Å². The summed E-state index contributed by atoms with van der Waals surface area (Å²) < 4.78 is 1.72. The zero-order valence-corrected chi connectivity index (χ0v) is 15.1. The summed E-state index contributed by atoms with van der Waals surface area (Å²) in [6.45, 7) is 2.85. The smallest absolute Gasteiger partial charge is 0.155 e. The Morgan fingerprint density at radius 3 is 2.57 bits per heavy atom. The minimum Gasteiger partial charge on any atom is -0.512 e. The van der Waals surface area contributed by atoms with Crippen molar-refractivity contribution in [2.75, 3.05) is 0 Å². The molecule has 5 nitrogen and oxygen atoms in total. The van der Waals surface area contributed by atoms with Gasteiger partial charge in [-0.05, 0) is 19.5 Å². The van der Waals surface area contributed by atoms with Gasteiger partial charge in [-0.2, -0.15) is 23.3 Å². The van der Waals surface area contributed by atoms with Crippen molar-refractivity contribution in [3.05, 3.63) is 67.0 Å². The van der Waals surface area contributed by atoms with Gasteiger partial charge in [-0.15, -0.1) is 16.8 Å². The van der Waals surface area contributed by atoms with Gasteiger partial charge in [0.15, 0.2) is 5.78 Å². The number of benzene rings is 2. The van der Waals surface area contributed by atoms with Gasteiger partial charge < -0.3 is 5.11 Å². The number of allylic oxidation sites excluding steroid dienone is 2. The largest absolute Gasteiger partial charge is 0.512 e. The zero-order valence-electron chi connectivity index (χ0n) is 12.7. The molecule has 0 aliphatic rings. The summed E-state index contributed by atoms with van der Waals surface area (Å²) in [6.07, 6.45) is 4.37. The van der Waals surface area contributed by atoms with Crippen LogP contribution >= 0.6 is 0 Å². The van der Waals surface area contributed by atoms with E-state index in [0.29, 0.717) is 0 Å². The van der Waals surface area contributed by atoms with Crippen LogP contribution in [0.2, 0.25) is 0 Å². The molecule has 0 fully saturated rings. The number of carbonyl (C=O) groups is 1. The van der Waals surface area contributed by atoms with E-state index in [1.54, 1.807) is 11.0 Å². The quantitative estimate of drug-likeness (QED) is 0.343. The average Bonchev–Trinajstić information content (AvgIpc) is 3.00. The number of aliphatic hydroxyl groups is 1. The third-order valence-electron chi connectivity index (χ3n) is 2.76. The summed E-state index contributed by atoms with van der Waals surface area (Å²) in [5, 5.41) is 14.8. The molecule has 23 heavy (non-hydrogen) atoms. The molecular weight excluding hydrogens is 470 g/mol. The number of hydrogen-bond donors (Lipinski definition) is 1. The third kappa shape index (κ3) is 5.43. The Morgan fingerprint density at radius 1 is 1.26 bits per heavy atom. The van der Waals surface area contributed by atoms with E-state index < -0.39 is 0 Å². The predicted octanol–water partition coefficient (Wildman–Crippen LogP) is 3.26. The van der Waals surface area contributed by atoms with Gasteiger partial charge in [-0.3, -0.25) is 4.79 Å². The molecule has 3 aromatic rings. The molecule has 2 aromatic carbocycles. The first-order chi connectivity index (χ1) is 10.6. The van der Waals surface area contributed by atoms with E-state index in [9.17, 15) is 4.79 Å². The van der Waals surface area contributed by atoms with E-state index in [1.165, 1.54) is 31.6 Å². The van der Waals surface area contributed by atoms with E-state index in [0.717, 1.165) is 11.1 Å². The number of nitrogens with zero attached hydrogens (tertiary/aromatic N) is 3. The molecule has 121 valence electrons. The maximum absolute atomic E-state index is 10.0. The molecule has 0 amide bonds. The van der Waals surface area contributed by atoms with Gasteiger partial charge in [0.05, 0.1) is 5.76 Å². The van der Waals surface area contributed by atoms with Crippen LogP contribution in [0.1, 0.15) is 13.8 Å². The van der Waals surface area contributed by atoms with Gasteiger partial charge in [0.25, 0.3) is 0 Å². The number of carbonyl (C=O) groups excluding carboxylic acids is 1. The first kappa shape index (κ1) is 18.7. The molecule has 1 N–H and O–H groups in total. The molecule has 1 heterocycles. The van der Waals surface area contributed by atoms with Gasteiger partial charge in [0, 0.05) is 26.2 Å². The van der Waals surface area contributed by atoms with Gasteiger partial charge in [-0.1, -0.05) is 18.2 Å². The van der Waals surface area contributed by atoms with Gasteiger partial charge in [0.1, 0.15) is 12.7 Å². The Hall–Kier alpha value is -2.30. The number of aromatic nitrogens is 3. The van der Waals surface area contributed by atoms with Gasteiger partial charge >= 0.3 is 0 Å². The number of fused-ring (bicyclic) bond motifs is 1. The number of hydrogen-bond acceptors (Lipinski definition) is 4. The molecule has 0 bridgehead atoms. The SMILES string of the molecule is CC(=O)/C=C(/C)O.[Ir].[c-]1ccc2ccccc2c1-n1cncn1. The van der Waals surface area contributed by atoms with Crippen LogP contribution in [0, 0.1) is 6.07 Å². The monoisotopic (exact) mass is 487 g/mol. The summed E-state index contributed by atoms with van der Waals surface area (Å²) >= 11 is 0. The number of rotatable bonds is 2. The van der Waals surface area contributed by atoms with Crippen molar-refractivity contribution in [1.82, 2.24) is 14.8 Å². The van der Waals surface area contributed by atoms with Crippen molar-refractivity contribution in [1.29, 1.82) is 0 Å². The minimum atomic E-state index is -0.125. The molecule has 0 aliphatic carbocycles. The van der Waals surface area contributed by atoms with Crippen molar-refractivity contribution >= 4 is 16.6 Å². The van der Waals surface area contributed by atoms with E-state index >= 15 is 0 Å². The maximum Gasteiger partial charge on any atom is 0.155 e. The molecular formula is C17H16IrN3O2-. The van der Waals surface area contributed by atoms with Crippen molar-refractivity contribution in [2.24, 2.45) is 0 Å². The second-order valence-electron chi connectivity index (χ2n) is 4.65. The Labute approximate surface area is 148 Å². The van der Waals surface area contributed by atoms with E-state index in [-0.39, 0.29) is 31.6 Å². The second kappa shape index (κ2) is 8.98. The first-order valence-corrected chi connectivity index (χ1v) is 6.70. The van der Waals surface area contributed by atoms with Gasteiger partial charge in [0.2, 0.25) is 0 Å². The summed E-state index contributed by atoms with van der Waals surface area (Å²) in [5.41, 5.74) is 0.936. The number of ketones is 1. The predicted molar refractivity (Wildman–Crippen MR) is 84.8 cm³/mol. The fraction of sp³-hybridized carbons (Fsp3) is 0.118. The van der Waals surface area contributed by atoms with Crippen molar-refractivity contribution < 1.29 is 30.0 Å². The summed E-state index contributed by atoms with van der Waals surface area (Å²) in [5.74, 6) is -0.0625. The molecule has 6 heteroatoms. The molecule has 1 aromatic heterocycles. The Bertz CT molecular complexity index is 789. The fourth-order valence-corrected chi connectivity index (χ4v) is 1.95. The van der Waals surface area contributed by atoms with Gasteiger partial charge in [-0.25, -0.2) is 9.67 Å². The summed E-state index contributed by atoms with van der Waals surface area (Å²) in [4.78, 5) is 14.0. The van der Waals surface area contributed by atoms with Crippen molar-refractivity contribution in [3.63, 3.8) is 0 Å². The molecule has 0 saturated carbocycles. The second-order valence-corrected chi connectivity index (χ2v) is 4.65. The zero-order chi connectivity index (χ0) is 15.9. The maximum atomic E-state index is 10.0. The topological polar surface area (TPSA) is 68.0 Å². The average molecular weight is 487 g/mol. The summed E-state index contributed by atoms with van der Waals surface area (Å²) in [7, 11) is 0. The molecule has 0 saturated heterocycles. The van der Waals surface area contributed by atoms with Crippen LogP contribution in [-0.2, 0) is 24.9 Å². The Balaban J connectivity index is 0.000000287. The van der Waals surface area contributed by atoms with E-state index in [4.69, 9.17) is 5.11 Å². The van der Waals surface area contributed by atoms with Crippen LogP contribution in [0.25, 0.3) is 16.5 Å². The van der Waals surface area contributed by atoms with Crippen LogP contribution in [0.4, 0.5) is 0 Å².